The van der Waals surface area contributed by atoms with Crippen molar-refractivity contribution in [3.8, 4) is 5.75 Å². The first-order chi connectivity index (χ1) is 8.87. The predicted octanol–water partition coefficient (Wildman–Crippen LogP) is 3.58. The molecule has 0 saturated heterocycles. The molecule has 1 amide bonds. The van der Waals surface area contributed by atoms with E-state index in [1.807, 2.05) is 45.0 Å². The Kier molecular flexibility index (Phi) is 6.41. The van der Waals surface area contributed by atoms with E-state index in [1.165, 1.54) is 3.57 Å². The highest BCUT2D eigenvalue weighted by atomic mass is 127. The second-order valence-corrected chi connectivity index (χ2v) is 6.41. The Morgan fingerprint density at radius 2 is 1.84 bits per heavy atom. The summed E-state index contributed by atoms with van der Waals surface area (Å²) in [5, 5.41) is 2.73. The van der Waals surface area contributed by atoms with Crippen LogP contribution in [0.3, 0.4) is 0 Å². The fourth-order valence-electron chi connectivity index (χ4n) is 1.29. The van der Waals surface area contributed by atoms with Crippen molar-refractivity contribution >= 4 is 28.7 Å². The average Bonchev–Trinajstić information content (AvgIpc) is 2.29. The maximum atomic E-state index is 11.4. The van der Waals surface area contributed by atoms with Crippen LogP contribution < -0.4 is 10.1 Å². The van der Waals surface area contributed by atoms with Gasteiger partial charge in [-0.3, -0.25) is 0 Å². The molecule has 0 aliphatic carbocycles. The Morgan fingerprint density at radius 1 is 1.21 bits per heavy atom. The van der Waals surface area contributed by atoms with Crippen molar-refractivity contribution in [2.75, 3.05) is 13.2 Å². The number of benzene rings is 1. The van der Waals surface area contributed by atoms with Gasteiger partial charge in [-0.2, -0.15) is 0 Å². The zero-order valence-corrected chi connectivity index (χ0v) is 13.7. The van der Waals surface area contributed by atoms with Gasteiger partial charge < -0.3 is 14.8 Å². The molecule has 0 spiro atoms. The van der Waals surface area contributed by atoms with E-state index in [4.69, 9.17) is 9.47 Å². The number of amides is 1. The Morgan fingerprint density at radius 3 is 2.42 bits per heavy atom. The third kappa shape index (κ3) is 7.92. The minimum absolute atomic E-state index is 0.269. The molecule has 1 rings (SSSR count). The summed E-state index contributed by atoms with van der Waals surface area (Å²) in [6.45, 7) is 6.62. The van der Waals surface area contributed by atoms with Crippen molar-refractivity contribution < 1.29 is 14.3 Å². The highest BCUT2D eigenvalue weighted by molar-refractivity contribution is 14.1. The number of nitrogens with one attached hydrogen (secondary N) is 1. The molecule has 5 heteroatoms. The predicted molar refractivity (Wildman–Crippen MR) is 83.5 cm³/mol. The van der Waals surface area contributed by atoms with Crippen LogP contribution in [-0.4, -0.2) is 24.8 Å². The quantitative estimate of drug-likeness (QED) is 0.630. The van der Waals surface area contributed by atoms with E-state index in [0.29, 0.717) is 19.6 Å². The molecule has 1 aromatic rings. The average molecular weight is 377 g/mol. The summed E-state index contributed by atoms with van der Waals surface area (Å²) in [6, 6.07) is 7.83. The van der Waals surface area contributed by atoms with Gasteiger partial charge in [0.25, 0.3) is 0 Å². The van der Waals surface area contributed by atoms with Crippen molar-refractivity contribution in [2.24, 2.45) is 0 Å². The van der Waals surface area contributed by atoms with Crippen LogP contribution in [0.2, 0.25) is 0 Å². The van der Waals surface area contributed by atoms with Gasteiger partial charge in [-0.05, 0) is 67.6 Å². The summed E-state index contributed by atoms with van der Waals surface area (Å²) in [4.78, 5) is 11.4. The van der Waals surface area contributed by atoms with E-state index in [2.05, 4.69) is 27.9 Å². The van der Waals surface area contributed by atoms with Crippen LogP contribution in [-0.2, 0) is 4.74 Å². The number of hydrogen-bond donors (Lipinski definition) is 1. The summed E-state index contributed by atoms with van der Waals surface area (Å²) >= 11 is 2.25. The molecule has 0 saturated carbocycles. The maximum absolute atomic E-state index is 11.4. The van der Waals surface area contributed by atoms with Gasteiger partial charge in [-0.1, -0.05) is 0 Å². The SMILES string of the molecule is CC(C)(C)NC(=O)OCCCOc1ccc(I)cc1. The third-order valence-corrected chi connectivity index (χ3v) is 2.80. The molecule has 0 atom stereocenters. The number of halogens is 1. The Balaban J connectivity index is 2.11. The third-order valence-electron chi connectivity index (χ3n) is 2.08. The molecule has 0 radical (unpaired) electrons. The molecule has 1 N–H and O–H groups in total. The molecule has 19 heavy (non-hydrogen) atoms. The van der Waals surface area contributed by atoms with E-state index in [-0.39, 0.29) is 11.6 Å². The van der Waals surface area contributed by atoms with Crippen LogP contribution in [0.4, 0.5) is 4.79 Å². The lowest BCUT2D eigenvalue weighted by atomic mass is 10.1. The van der Waals surface area contributed by atoms with Gasteiger partial charge in [0, 0.05) is 15.5 Å². The van der Waals surface area contributed by atoms with Crippen LogP contribution >= 0.6 is 22.6 Å². The molecule has 0 aliphatic rings. The summed E-state index contributed by atoms with van der Waals surface area (Å²) in [6.07, 6.45) is 0.283. The maximum Gasteiger partial charge on any atom is 0.407 e. The van der Waals surface area contributed by atoms with E-state index in [9.17, 15) is 4.79 Å². The first kappa shape index (κ1) is 16.1. The highest BCUT2D eigenvalue weighted by Gasteiger charge is 2.14. The molecule has 4 nitrogen and oxygen atoms in total. The first-order valence-electron chi connectivity index (χ1n) is 6.20. The first-order valence-corrected chi connectivity index (χ1v) is 7.28. The Labute approximate surface area is 128 Å². The van der Waals surface area contributed by atoms with E-state index in [1.54, 1.807) is 0 Å². The van der Waals surface area contributed by atoms with Crippen LogP contribution in [0.15, 0.2) is 24.3 Å². The molecule has 1 aromatic carbocycles. The van der Waals surface area contributed by atoms with Crippen molar-refractivity contribution in [3.05, 3.63) is 27.8 Å². The topological polar surface area (TPSA) is 47.6 Å². The summed E-state index contributed by atoms with van der Waals surface area (Å²) in [7, 11) is 0. The van der Waals surface area contributed by atoms with Crippen LogP contribution in [0.1, 0.15) is 27.2 Å². The number of alkyl carbamates (subject to hydrolysis) is 1. The molecule has 0 bridgehead atoms. The van der Waals surface area contributed by atoms with Gasteiger partial charge in [0.2, 0.25) is 0 Å². The monoisotopic (exact) mass is 377 g/mol. The number of ether oxygens (including phenoxy) is 2. The number of carbonyl (C=O) groups is 1. The van der Waals surface area contributed by atoms with Crippen molar-refractivity contribution in [2.45, 2.75) is 32.7 Å². The highest BCUT2D eigenvalue weighted by Crippen LogP contribution is 2.13. The fourth-order valence-corrected chi connectivity index (χ4v) is 1.65. The second-order valence-electron chi connectivity index (χ2n) is 5.17. The van der Waals surface area contributed by atoms with Gasteiger partial charge in [0.05, 0.1) is 13.2 Å². The van der Waals surface area contributed by atoms with Crippen molar-refractivity contribution in [1.82, 2.24) is 5.32 Å². The molecular formula is C14H20INO3. The minimum atomic E-state index is -0.387. The van der Waals surface area contributed by atoms with E-state index in [0.717, 1.165) is 5.75 Å². The van der Waals surface area contributed by atoms with Gasteiger partial charge in [0.15, 0.2) is 0 Å². The molecule has 0 heterocycles. The summed E-state index contributed by atoms with van der Waals surface area (Å²) in [5.74, 6) is 0.833. The molecular weight excluding hydrogens is 357 g/mol. The number of rotatable bonds is 5. The van der Waals surface area contributed by atoms with Crippen LogP contribution in [0.25, 0.3) is 0 Å². The normalized spacial score (nSPS) is 10.9. The number of hydrogen-bond acceptors (Lipinski definition) is 3. The van der Waals surface area contributed by atoms with Gasteiger partial charge >= 0.3 is 6.09 Å². The smallest absolute Gasteiger partial charge is 0.407 e. The van der Waals surface area contributed by atoms with Gasteiger partial charge in [-0.25, -0.2) is 4.79 Å². The largest absolute Gasteiger partial charge is 0.493 e. The zero-order valence-electron chi connectivity index (χ0n) is 11.5. The lowest BCUT2D eigenvalue weighted by Gasteiger charge is -2.19. The summed E-state index contributed by atoms with van der Waals surface area (Å²) < 4.78 is 11.7. The second kappa shape index (κ2) is 7.57. The summed E-state index contributed by atoms with van der Waals surface area (Å²) in [5.41, 5.74) is -0.269. The zero-order chi connectivity index (χ0) is 14.3. The molecule has 106 valence electrons. The van der Waals surface area contributed by atoms with Crippen LogP contribution in [0.5, 0.6) is 5.75 Å². The molecule has 0 aliphatic heterocycles. The Hall–Kier alpha value is -0.980. The van der Waals surface area contributed by atoms with Gasteiger partial charge in [-0.15, -0.1) is 0 Å². The van der Waals surface area contributed by atoms with E-state index < -0.39 is 0 Å². The van der Waals surface area contributed by atoms with Crippen molar-refractivity contribution in [1.29, 1.82) is 0 Å². The van der Waals surface area contributed by atoms with Crippen LogP contribution in [0, 0.1) is 3.57 Å². The molecule has 0 fully saturated rings. The minimum Gasteiger partial charge on any atom is -0.493 e. The lowest BCUT2D eigenvalue weighted by Crippen LogP contribution is -2.41. The lowest BCUT2D eigenvalue weighted by molar-refractivity contribution is 0.130. The standard InChI is InChI=1S/C14H20INO3/c1-14(2,3)16-13(17)19-10-4-9-18-12-7-5-11(15)6-8-12/h5-8H,4,9-10H2,1-3H3,(H,16,17). The molecule has 0 aromatic heterocycles. The molecule has 0 unspecified atom stereocenters. The number of carbonyl (C=O) groups excluding carboxylic acids is 1. The Bertz CT molecular complexity index is 398. The van der Waals surface area contributed by atoms with Crippen molar-refractivity contribution in [3.63, 3.8) is 0 Å². The van der Waals surface area contributed by atoms with Gasteiger partial charge in [0.1, 0.15) is 5.75 Å². The van der Waals surface area contributed by atoms with E-state index >= 15 is 0 Å². The fraction of sp³-hybridized carbons (Fsp3) is 0.500.